The summed E-state index contributed by atoms with van der Waals surface area (Å²) in [6, 6.07) is 8.60. The van der Waals surface area contributed by atoms with E-state index in [0.717, 1.165) is 40.5 Å². The summed E-state index contributed by atoms with van der Waals surface area (Å²) in [4.78, 5) is 44.1. The maximum absolute atomic E-state index is 13.6. The second kappa shape index (κ2) is 9.59. The molecule has 1 N–H and O–H groups in total. The molecule has 1 aliphatic heterocycles. The number of anilines is 1. The standard InChI is InChI=1S/C25H18F2N2O5S/c1-3-12-34-24(33)22-13(2)28-25(35-22)29-19(14-4-8-16(26)9-5-14)18(21(31)23(29)32)20(30)15-6-10-17(27)11-7-15/h3-11,19,30H,1,12H2,2H3. The van der Waals surface area contributed by atoms with Crippen molar-refractivity contribution in [3.8, 4) is 0 Å². The van der Waals surface area contributed by atoms with Crippen molar-refractivity contribution >= 4 is 39.9 Å². The highest BCUT2D eigenvalue weighted by atomic mass is 32.1. The molecule has 178 valence electrons. The van der Waals surface area contributed by atoms with Crippen LogP contribution in [0.3, 0.4) is 0 Å². The number of ether oxygens (including phenoxy) is 1. The van der Waals surface area contributed by atoms with E-state index in [1.807, 2.05) is 0 Å². The fourth-order valence-electron chi connectivity index (χ4n) is 3.63. The highest BCUT2D eigenvalue weighted by molar-refractivity contribution is 7.17. The van der Waals surface area contributed by atoms with E-state index in [1.165, 1.54) is 30.3 Å². The van der Waals surface area contributed by atoms with Gasteiger partial charge in [0.25, 0.3) is 5.78 Å². The number of hydrogen-bond acceptors (Lipinski definition) is 7. The third kappa shape index (κ3) is 4.47. The van der Waals surface area contributed by atoms with E-state index in [1.54, 1.807) is 6.92 Å². The number of esters is 1. The van der Waals surface area contributed by atoms with E-state index in [-0.39, 0.29) is 33.4 Å². The zero-order valence-electron chi connectivity index (χ0n) is 18.3. The zero-order chi connectivity index (χ0) is 25.3. The monoisotopic (exact) mass is 496 g/mol. The molecule has 1 aliphatic rings. The van der Waals surface area contributed by atoms with E-state index in [0.29, 0.717) is 5.56 Å². The van der Waals surface area contributed by atoms with Crippen LogP contribution in [0, 0.1) is 18.6 Å². The minimum atomic E-state index is -1.18. The Morgan fingerprint density at radius 2 is 1.74 bits per heavy atom. The number of ketones is 1. The highest BCUT2D eigenvalue weighted by Gasteiger charge is 2.48. The first-order valence-corrected chi connectivity index (χ1v) is 11.1. The van der Waals surface area contributed by atoms with Gasteiger partial charge in [0.2, 0.25) is 0 Å². The molecule has 2 aromatic carbocycles. The lowest BCUT2D eigenvalue weighted by atomic mass is 9.95. The molecule has 0 bridgehead atoms. The topological polar surface area (TPSA) is 96.8 Å². The largest absolute Gasteiger partial charge is 0.507 e. The number of carbonyl (C=O) groups excluding carboxylic acids is 3. The Morgan fingerprint density at radius 3 is 2.34 bits per heavy atom. The average Bonchev–Trinajstić information content (AvgIpc) is 3.35. The Hall–Kier alpha value is -4.18. The molecule has 1 unspecified atom stereocenters. The molecule has 2 heterocycles. The molecular formula is C25H18F2N2O5S. The van der Waals surface area contributed by atoms with Crippen LogP contribution in [0.1, 0.15) is 32.5 Å². The van der Waals surface area contributed by atoms with E-state index >= 15 is 0 Å². The number of hydrogen-bond donors (Lipinski definition) is 1. The summed E-state index contributed by atoms with van der Waals surface area (Å²) in [5, 5.41) is 11.0. The molecule has 7 nitrogen and oxygen atoms in total. The second-order valence-corrected chi connectivity index (χ2v) is 8.50. The van der Waals surface area contributed by atoms with Gasteiger partial charge in [-0.2, -0.15) is 0 Å². The van der Waals surface area contributed by atoms with Crippen LogP contribution in [0.5, 0.6) is 0 Å². The molecular weight excluding hydrogens is 478 g/mol. The van der Waals surface area contributed by atoms with Gasteiger partial charge in [0.15, 0.2) is 5.13 Å². The smallest absolute Gasteiger partial charge is 0.350 e. The number of aryl methyl sites for hydroxylation is 1. The molecule has 1 amide bonds. The number of aromatic nitrogens is 1. The molecule has 10 heteroatoms. The van der Waals surface area contributed by atoms with Crippen LogP contribution in [-0.4, -0.2) is 34.4 Å². The van der Waals surface area contributed by atoms with Crippen molar-refractivity contribution in [2.75, 3.05) is 11.5 Å². The molecule has 35 heavy (non-hydrogen) atoms. The quantitative estimate of drug-likeness (QED) is 0.175. The van der Waals surface area contributed by atoms with Gasteiger partial charge in [-0.1, -0.05) is 36.1 Å². The number of halogens is 2. The number of rotatable bonds is 6. The third-order valence-electron chi connectivity index (χ3n) is 5.26. The van der Waals surface area contributed by atoms with Gasteiger partial charge in [-0.05, 0) is 48.9 Å². The predicted molar refractivity (Wildman–Crippen MR) is 125 cm³/mol. The first-order valence-electron chi connectivity index (χ1n) is 10.3. The van der Waals surface area contributed by atoms with Crippen molar-refractivity contribution in [3.05, 3.63) is 100 Å². The zero-order valence-corrected chi connectivity index (χ0v) is 19.1. The Labute approximate surface area is 202 Å². The Balaban J connectivity index is 1.88. The third-order valence-corrected chi connectivity index (χ3v) is 6.39. The number of thiazole rings is 1. The van der Waals surface area contributed by atoms with Crippen molar-refractivity contribution in [2.24, 2.45) is 0 Å². The van der Waals surface area contributed by atoms with Gasteiger partial charge in [-0.3, -0.25) is 14.5 Å². The number of amides is 1. The number of nitrogens with zero attached hydrogens (tertiary/aromatic N) is 2. The Morgan fingerprint density at radius 1 is 1.14 bits per heavy atom. The molecule has 1 atom stereocenters. The fourth-order valence-corrected chi connectivity index (χ4v) is 4.62. The number of aliphatic hydroxyl groups is 1. The predicted octanol–water partition coefficient (Wildman–Crippen LogP) is 4.70. The van der Waals surface area contributed by atoms with Gasteiger partial charge < -0.3 is 9.84 Å². The normalized spacial score (nSPS) is 17.0. The summed E-state index contributed by atoms with van der Waals surface area (Å²) in [5.74, 6) is -4.30. The van der Waals surface area contributed by atoms with Crippen molar-refractivity contribution in [3.63, 3.8) is 0 Å². The number of benzene rings is 2. The SMILES string of the molecule is C=CCOC(=O)c1sc(N2C(=O)C(=O)C(=C(O)c3ccc(F)cc3)C2c2ccc(F)cc2)nc1C. The van der Waals surface area contributed by atoms with Crippen LogP contribution in [0.4, 0.5) is 13.9 Å². The average molecular weight is 496 g/mol. The Bertz CT molecular complexity index is 1360. The van der Waals surface area contributed by atoms with Crippen LogP contribution in [0.15, 0.2) is 66.8 Å². The van der Waals surface area contributed by atoms with Gasteiger partial charge in [0, 0.05) is 5.56 Å². The van der Waals surface area contributed by atoms with Crippen LogP contribution in [-0.2, 0) is 14.3 Å². The van der Waals surface area contributed by atoms with E-state index < -0.39 is 41.1 Å². The molecule has 0 saturated carbocycles. The molecule has 1 fully saturated rings. The maximum Gasteiger partial charge on any atom is 0.350 e. The van der Waals surface area contributed by atoms with Crippen molar-refractivity contribution in [1.82, 2.24) is 4.98 Å². The molecule has 0 spiro atoms. The van der Waals surface area contributed by atoms with Crippen LogP contribution in [0.25, 0.3) is 5.76 Å². The molecule has 4 rings (SSSR count). The summed E-state index contributed by atoms with van der Waals surface area (Å²) in [5.41, 5.74) is 0.424. The maximum atomic E-state index is 13.6. The van der Waals surface area contributed by atoms with Crippen molar-refractivity contribution in [2.45, 2.75) is 13.0 Å². The number of Topliss-reactive ketones (excluding diaryl/α,β-unsaturated/α-hetero) is 1. The lowest BCUT2D eigenvalue weighted by Gasteiger charge is -2.23. The number of aliphatic hydroxyl groups excluding tert-OH is 1. The second-order valence-electron chi connectivity index (χ2n) is 7.53. The van der Waals surface area contributed by atoms with E-state index in [2.05, 4.69) is 11.6 Å². The van der Waals surface area contributed by atoms with Gasteiger partial charge in [-0.15, -0.1) is 0 Å². The van der Waals surface area contributed by atoms with Crippen molar-refractivity contribution < 1.29 is 33.0 Å². The summed E-state index contributed by atoms with van der Waals surface area (Å²) in [6.45, 7) is 5.01. The van der Waals surface area contributed by atoms with Gasteiger partial charge in [-0.25, -0.2) is 18.6 Å². The van der Waals surface area contributed by atoms with Crippen LogP contribution in [0.2, 0.25) is 0 Å². The minimum Gasteiger partial charge on any atom is -0.507 e. The molecule has 1 aromatic heterocycles. The number of carbonyl (C=O) groups is 3. The summed E-state index contributed by atoms with van der Waals surface area (Å²) in [7, 11) is 0. The van der Waals surface area contributed by atoms with Gasteiger partial charge in [0.1, 0.15) is 28.9 Å². The summed E-state index contributed by atoms with van der Waals surface area (Å²) in [6.07, 6.45) is 1.40. The van der Waals surface area contributed by atoms with Gasteiger partial charge >= 0.3 is 11.9 Å². The summed E-state index contributed by atoms with van der Waals surface area (Å²) < 4.78 is 32.1. The lowest BCUT2D eigenvalue weighted by Crippen LogP contribution is -2.29. The highest BCUT2D eigenvalue weighted by Crippen LogP contribution is 2.44. The first-order chi connectivity index (χ1) is 16.7. The Kier molecular flexibility index (Phi) is 6.57. The summed E-state index contributed by atoms with van der Waals surface area (Å²) >= 11 is 0.839. The minimum absolute atomic E-state index is 0.0163. The fraction of sp³-hybridized carbons (Fsp3) is 0.120. The molecule has 0 radical (unpaired) electrons. The molecule has 1 saturated heterocycles. The lowest BCUT2D eigenvalue weighted by molar-refractivity contribution is -0.132. The van der Waals surface area contributed by atoms with E-state index in [4.69, 9.17) is 4.74 Å². The molecule has 3 aromatic rings. The van der Waals surface area contributed by atoms with Crippen LogP contribution >= 0.6 is 11.3 Å². The van der Waals surface area contributed by atoms with Crippen molar-refractivity contribution in [1.29, 1.82) is 0 Å². The molecule has 0 aliphatic carbocycles. The van der Waals surface area contributed by atoms with Crippen LogP contribution < -0.4 is 4.90 Å². The van der Waals surface area contributed by atoms with Gasteiger partial charge in [0.05, 0.1) is 17.3 Å². The first kappa shape index (κ1) is 24.0. The van der Waals surface area contributed by atoms with E-state index in [9.17, 15) is 28.3 Å².